The second-order valence-electron chi connectivity index (χ2n) is 4.45. The Morgan fingerprint density at radius 1 is 1.32 bits per heavy atom. The summed E-state index contributed by atoms with van der Waals surface area (Å²) in [5, 5.41) is 0. The molecule has 0 saturated heterocycles. The number of H-pyrrole nitrogens is 1. The number of methoxy groups -OCH3 is 1. The van der Waals surface area contributed by atoms with Crippen LogP contribution in [0.5, 0.6) is 0 Å². The largest absolute Gasteiger partial charge is 0.377 e. The number of benzene rings is 1. The van der Waals surface area contributed by atoms with Crippen LogP contribution in [0.25, 0.3) is 11.3 Å². The number of aromatic amines is 1. The predicted octanol–water partition coefficient (Wildman–Crippen LogP) is 3.71. The number of halogens is 1. The van der Waals surface area contributed by atoms with Crippen molar-refractivity contribution in [2.45, 2.75) is 20.5 Å². The third-order valence-corrected chi connectivity index (χ3v) is 2.98. The summed E-state index contributed by atoms with van der Waals surface area (Å²) in [7, 11) is 1.57. The number of nitrogens with zero attached hydrogens (tertiary/aromatic N) is 1. The molecule has 0 aliphatic rings. The molecule has 0 unspecified atom stereocenters. The molecule has 5 heteroatoms. The van der Waals surface area contributed by atoms with E-state index in [1.165, 1.54) is 6.07 Å². The molecule has 0 aliphatic heterocycles. The van der Waals surface area contributed by atoms with Crippen LogP contribution in [0.15, 0.2) is 18.2 Å². The van der Waals surface area contributed by atoms with Crippen molar-refractivity contribution < 1.29 is 9.13 Å². The van der Waals surface area contributed by atoms with Gasteiger partial charge >= 0.3 is 0 Å². The molecule has 1 aromatic carbocycles. The standard InChI is InChI=1S/C14H15FN2OS/c1-8-4-9(2)14(10(15)5-8)11-6-13(19)17-12(16-11)7-18-3/h4-6H,7H2,1-3H3,(H,16,17,19). The molecule has 0 aliphatic carbocycles. The van der Waals surface area contributed by atoms with Gasteiger partial charge in [-0.3, -0.25) is 0 Å². The summed E-state index contributed by atoms with van der Waals surface area (Å²) in [6.45, 7) is 4.05. The van der Waals surface area contributed by atoms with Gasteiger partial charge in [-0.25, -0.2) is 9.37 Å². The van der Waals surface area contributed by atoms with Gasteiger partial charge < -0.3 is 9.72 Å². The van der Waals surface area contributed by atoms with E-state index in [2.05, 4.69) is 9.97 Å². The molecule has 1 heterocycles. The third-order valence-electron chi connectivity index (χ3n) is 2.77. The molecular formula is C14H15FN2OS. The molecule has 0 fully saturated rings. The van der Waals surface area contributed by atoms with Gasteiger partial charge in [0.1, 0.15) is 22.9 Å². The quantitative estimate of drug-likeness (QED) is 0.870. The van der Waals surface area contributed by atoms with Gasteiger partial charge in [-0.15, -0.1) is 0 Å². The van der Waals surface area contributed by atoms with E-state index in [4.69, 9.17) is 17.0 Å². The zero-order valence-electron chi connectivity index (χ0n) is 11.1. The molecule has 0 radical (unpaired) electrons. The van der Waals surface area contributed by atoms with Crippen LogP contribution in [0.4, 0.5) is 4.39 Å². The van der Waals surface area contributed by atoms with Gasteiger partial charge in [-0.1, -0.05) is 18.3 Å². The van der Waals surface area contributed by atoms with E-state index in [1.54, 1.807) is 13.2 Å². The van der Waals surface area contributed by atoms with Crippen LogP contribution in [-0.4, -0.2) is 17.1 Å². The highest BCUT2D eigenvalue weighted by molar-refractivity contribution is 7.71. The van der Waals surface area contributed by atoms with E-state index < -0.39 is 0 Å². The maximum absolute atomic E-state index is 14.1. The fourth-order valence-electron chi connectivity index (χ4n) is 2.10. The Balaban J connectivity index is 2.62. The minimum absolute atomic E-state index is 0.266. The molecule has 2 rings (SSSR count). The fourth-order valence-corrected chi connectivity index (χ4v) is 2.33. The van der Waals surface area contributed by atoms with E-state index in [0.29, 0.717) is 28.3 Å². The molecule has 0 spiro atoms. The van der Waals surface area contributed by atoms with Gasteiger partial charge in [0.2, 0.25) is 0 Å². The van der Waals surface area contributed by atoms with Gasteiger partial charge in [0.25, 0.3) is 0 Å². The summed E-state index contributed by atoms with van der Waals surface area (Å²) in [5.74, 6) is 0.321. The highest BCUT2D eigenvalue weighted by Crippen LogP contribution is 2.26. The average Bonchev–Trinajstić information content (AvgIpc) is 2.26. The highest BCUT2D eigenvalue weighted by atomic mass is 32.1. The smallest absolute Gasteiger partial charge is 0.134 e. The van der Waals surface area contributed by atoms with Crippen LogP contribution in [0.2, 0.25) is 0 Å². The second-order valence-corrected chi connectivity index (χ2v) is 4.87. The Morgan fingerprint density at radius 2 is 2.05 bits per heavy atom. The lowest BCUT2D eigenvalue weighted by molar-refractivity contribution is 0.177. The van der Waals surface area contributed by atoms with Crippen LogP contribution in [0.1, 0.15) is 17.0 Å². The predicted molar refractivity (Wildman–Crippen MR) is 75.0 cm³/mol. The molecular weight excluding hydrogens is 263 g/mol. The van der Waals surface area contributed by atoms with Crippen LogP contribution in [0.3, 0.4) is 0 Å². The van der Waals surface area contributed by atoms with Crippen molar-refractivity contribution in [3.63, 3.8) is 0 Å². The number of aromatic nitrogens is 2. The molecule has 2 aromatic rings. The first-order chi connectivity index (χ1) is 9.01. The first kappa shape index (κ1) is 13.8. The third kappa shape index (κ3) is 3.05. The monoisotopic (exact) mass is 278 g/mol. The van der Waals surface area contributed by atoms with Crippen molar-refractivity contribution >= 4 is 12.2 Å². The summed E-state index contributed by atoms with van der Waals surface area (Å²) in [4.78, 5) is 7.20. The first-order valence-corrected chi connectivity index (χ1v) is 6.28. The topological polar surface area (TPSA) is 37.9 Å². The number of ether oxygens (including phenoxy) is 1. The lowest BCUT2D eigenvalue weighted by Crippen LogP contribution is -2.01. The van der Waals surface area contributed by atoms with Crippen molar-refractivity contribution in [1.82, 2.24) is 9.97 Å². The molecule has 0 bridgehead atoms. The molecule has 0 saturated carbocycles. The summed E-state index contributed by atoms with van der Waals surface area (Å²) >= 11 is 5.10. The Bertz CT molecular complexity index is 644. The van der Waals surface area contributed by atoms with E-state index >= 15 is 0 Å². The number of rotatable bonds is 3. The average molecular weight is 278 g/mol. The fraction of sp³-hybridized carbons (Fsp3) is 0.286. The minimum atomic E-state index is -0.266. The lowest BCUT2D eigenvalue weighted by Gasteiger charge is -2.10. The maximum atomic E-state index is 14.1. The molecule has 0 atom stereocenters. The molecule has 1 aromatic heterocycles. The number of aryl methyl sites for hydroxylation is 2. The van der Waals surface area contributed by atoms with Gasteiger partial charge in [-0.2, -0.15) is 0 Å². The Kier molecular flexibility index (Phi) is 4.07. The molecule has 3 nitrogen and oxygen atoms in total. The molecule has 1 N–H and O–H groups in total. The van der Waals surface area contributed by atoms with E-state index in [1.807, 2.05) is 19.9 Å². The number of nitrogens with one attached hydrogen (secondary N) is 1. The second kappa shape index (κ2) is 5.59. The normalized spacial score (nSPS) is 10.7. The van der Waals surface area contributed by atoms with Crippen molar-refractivity contribution in [1.29, 1.82) is 0 Å². The lowest BCUT2D eigenvalue weighted by atomic mass is 10.0. The van der Waals surface area contributed by atoms with Gasteiger partial charge in [0.15, 0.2) is 0 Å². The van der Waals surface area contributed by atoms with Gasteiger partial charge in [0, 0.05) is 12.7 Å². The summed E-state index contributed by atoms with van der Waals surface area (Å²) < 4.78 is 19.6. The number of hydrogen-bond donors (Lipinski definition) is 1. The maximum Gasteiger partial charge on any atom is 0.134 e. The Morgan fingerprint density at radius 3 is 2.68 bits per heavy atom. The molecule has 100 valence electrons. The molecule has 0 amide bonds. The number of hydrogen-bond acceptors (Lipinski definition) is 3. The van der Waals surface area contributed by atoms with E-state index in [0.717, 1.165) is 11.1 Å². The highest BCUT2D eigenvalue weighted by Gasteiger charge is 2.11. The Labute approximate surface area is 116 Å². The van der Waals surface area contributed by atoms with Crippen molar-refractivity contribution in [2.75, 3.05) is 7.11 Å². The van der Waals surface area contributed by atoms with Crippen LogP contribution in [-0.2, 0) is 11.3 Å². The van der Waals surface area contributed by atoms with E-state index in [9.17, 15) is 4.39 Å². The SMILES string of the molecule is COCc1nc(=S)cc(-c2c(C)cc(C)cc2F)[nH]1. The van der Waals surface area contributed by atoms with Gasteiger partial charge in [0.05, 0.1) is 5.69 Å². The minimum Gasteiger partial charge on any atom is -0.377 e. The van der Waals surface area contributed by atoms with Crippen molar-refractivity contribution in [3.8, 4) is 11.3 Å². The van der Waals surface area contributed by atoms with Crippen LogP contribution >= 0.6 is 12.2 Å². The zero-order chi connectivity index (χ0) is 14.0. The summed E-state index contributed by atoms with van der Waals surface area (Å²) in [6.07, 6.45) is 0. The van der Waals surface area contributed by atoms with Crippen LogP contribution in [0, 0.1) is 24.3 Å². The van der Waals surface area contributed by atoms with Crippen molar-refractivity contribution in [2.24, 2.45) is 0 Å². The molecule has 19 heavy (non-hydrogen) atoms. The van der Waals surface area contributed by atoms with E-state index in [-0.39, 0.29) is 5.82 Å². The van der Waals surface area contributed by atoms with Crippen LogP contribution < -0.4 is 0 Å². The van der Waals surface area contributed by atoms with Crippen molar-refractivity contribution in [3.05, 3.63) is 45.6 Å². The Hall–Kier alpha value is -1.59. The zero-order valence-corrected chi connectivity index (χ0v) is 11.9. The first-order valence-electron chi connectivity index (χ1n) is 5.87. The summed E-state index contributed by atoms with van der Waals surface area (Å²) in [5.41, 5.74) is 2.90. The summed E-state index contributed by atoms with van der Waals surface area (Å²) in [6, 6.07) is 5.11. The van der Waals surface area contributed by atoms with Gasteiger partial charge in [-0.05, 0) is 37.1 Å².